The van der Waals surface area contributed by atoms with Crippen LogP contribution in [0.3, 0.4) is 0 Å². The van der Waals surface area contributed by atoms with E-state index >= 15 is 0 Å². The van der Waals surface area contributed by atoms with Crippen LogP contribution in [0.15, 0.2) is 18.2 Å². The van der Waals surface area contributed by atoms with Gasteiger partial charge in [0.1, 0.15) is 11.5 Å². The summed E-state index contributed by atoms with van der Waals surface area (Å²) in [4.78, 5) is 0. The average molecular weight is 221 g/mol. The van der Waals surface area contributed by atoms with E-state index in [1.54, 1.807) is 7.11 Å². The predicted molar refractivity (Wildman–Crippen MR) is 64.1 cm³/mol. The third-order valence-corrected chi connectivity index (χ3v) is 3.05. The van der Waals surface area contributed by atoms with E-state index in [0.29, 0.717) is 12.0 Å². The van der Waals surface area contributed by atoms with E-state index in [1.165, 1.54) is 5.56 Å². The van der Waals surface area contributed by atoms with Crippen molar-refractivity contribution in [3.63, 3.8) is 0 Å². The third-order valence-electron chi connectivity index (χ3n) is 3.05. The molecule has 0 fully saturated rings. The maximum Gasteiger partial charge on any atom is 0.124 e. The van der Waals surface area contributed by atoms with E-state index in [9.17, 15) is 0 Å². The number of rotatable bonds is 3. The van der Waals surface area contributed by atoms with Crippen molar-refractivity contribution in [2.45, 2.75) is 19.9 Å². The molecule has 0 spiro atoms. The highest BCUT2D eigenvalue weighted by Crippen LogP contribution is 2.37. The number of methoxy groups -OCH3 is 1. The van der Waals surface area contributed by atoms with Crippen LogP contribution in [0.25, 0.3) is 0 Å². The lowest BCUT2D eigenvalue weighted by Crippen LogP contribution is -2.33. The molecule has 3 heteroatoms. The topological polar surface area (TPSA) is 30.5 Å². The van der Waals surface area contributed by atoms with Crippen LogP contribution in [0.4, 0.5) is 0 Å². The average Bonchev–Trinajstić information content (AvgIpc) is 2.32. The van der Waals surface area contributed by atoms with Crippen molar-refractivity contribution < 1.29 is 9.47 Å². The van der Waals surface area contributed by atoms with Gasteiger partial charge in [-0.1, -0.05) is 13.8 Å². The predicted octanol–water partition coefficient (Wildman–Crippen LogP) is 2.37. The first-order valence-electron chi connectivity index (χ1n) is 5.80. The van der Waals surface area contributed by atoms with Crippen molar-refractivity contribution >= 4 is 0 Å². The lowest BCUT2D eigenvalue weighted by Gasteiger charge is -2.32. The van der Waals surface area contributed by atoms with Gasteiger partial charge >= 0.3 is 0 Å². The van der Waals surface area contributed by atoms with Gasteiger partial charge in [0, 0.05) is 17.5 Å². The van der Waals surface area contributed by atoms with Crippen LogP contribution in [0.1, 0.15) is 25.5 Å². The van der Waals surface area contributed by atoms with E-state index in [0.717, 1.165) is 24.7 Å². The quantitative estimate of drug-likeness (QED) is 0.850. The molecule has 2 rings (SSSR count). The minimum Gasteiger partial charge on any atom is -0.497 e. The number of benzene rings is 1. The van der Waals surface area contributed by atoms with Gasteiger partial charge in [0.05, 0.1) is 13.7 Å². The summed E-state index contributed by atoms with van der Waals surface area (Å²) >= 11 is 0. The number of nitrogens with one attached hydrogen (secondary N) is 1. The third kappa shape index (κ3) is 2.00. The Hall–Kier alpha value is -1.22. The van der Waals surface area contributed by atoms with E-state index in [-0.39, 0.29) is 0 Å². The summed E-state index contributed by atoms with van der Waals surface area (Å²) in [6.07, 6.45) is 0. The summed E-state index contributed by atoms with van der Waals surface area (Å²) < 4.78 is 11.0. The standard InChI is InChI=1S/C13H19NO2/c1-4-14-13-9(2)8-16-12-6-5-10(15-3)7-11(12)13/h5-7,9,13-14H,4,8H2,1-3H3. The molecule has 0 saturated heterocycles. The van der Waals surface area contributed by atoms with Crippen molar-refractivity contribution in [2.24, 2.45) is 5.92 Å². The summed E-state index contributed by atoms with van der Waals surface area (Å²) in [5.41, 5.74) is 1.21. The Morgan fingerprint density at radius 3 is 3.00 bits per heavy atom. The zero-order valence-corrected chi connectivity index (χ0v) is 10.1. The van der Waals surface area contributed by atoms with Gasteiger partial charge in [-0.25, -0.2) is 0 Å². The molecule has 0 amide bonds. The Kier molecular flexibility index (Phi) is 3.34. The molecule has 16 heavy (non-hydrogen) atoms. The maximum absolute atomic E-state index is 5.72. The highest BCUT2D eigenvalue weighted by Gasteiger charge is 2.27. The molecule has 0 saturated carbocycles. The summed E-state index contributed by atoms with van der Waals surface area (Å²) in [6, 6.07) is 6.37. The zero-order chi connectivity index (χ0) is 11.5. The van der Waals surface area contributed by atoms with Crippen molar-refractivity contribution in [1.29, 1.82) is 0 Å². The molecule has 1 N–H and O–H groups in total. The second kappa shape index (κ2) is 4.74. The van der Waals surface area contributed by atoms with Crippen LogP contribution in [-0.4, -0.2) is 20.3 Å². The van der Waals surface area contributed by atoms with Crippen molar-refractivity contribution in [1.82, 2.24) is 5.32 Å². The molecule has 3 nitrogen and oxygen atoms in total. The molecule has 0 bridgehead atoms. The molecule has 2 unspecified atom stereocenters. The molecule has 2 atom stereocenters. The summed E-state index contributed by atoms with van der Waals surface area (Å²) in [5, 5.41) is 3.51. The molecule has 0 aromatic heterocycles. The van der Waals surface area contributed by atoms with Crippen molar-refractivity contribution in [2.75, 3.05) is 20.3 Å². The van der Waals surface area contributed by atoms with Crippen LogP contribution in [0, 0.1) is 5.92 Å². The van der Waals surface area contributed by atoms with Crippen LogP contribution >= 0.6 is 0 Å². The molecular formula is C13H19NO2. The number of hydrogen-bond acceptors (Lipinski definition) is 3. The molecular weight excluding hydrogens is 202 g/mol. The minimum absolute atomic E-state index is 0.365. The molecule has 0 aliphatic carbocycles. The maximum atomic E-state index is 5.72. The Morgan fingerprint density at radius 1 is 1.50 bits per heavy atom. The Morgan fingerprint density at radius 2 is 2.31 bits per heavy atom. The van der Waals surface area contributed by atoms with Gasteiger partial charge < -0.3 is 14.8 Å². The normalized spacial score (nSPS) is 23.4. The van der Waals surface area contributed by atoms with Crippen LogP contribution in [-0.2, 0) is 0 Å². The Bertz CT molecular complexity index is 365. The fraction of sp³-hybridized carbons (Fsp3) is 0.538. The van der Waals surface area contributed by atoms with E-state index in [1.807, 2.05) is 12.1 Å². The van der Waals surface area contributed by atoms with Crippen molar-refractivity contribution in [3.05, 3.63) is 23.8 Å². The molecule has 88 valence electrons. The molecule has 1 aliphatic rings. The second-order valence-electron chi connectivity index (χ2n) is 4.23. The van der Waals surface area contributed by atoms with Gasteiger partial charge in [-0.3, -0.25) is 0 Å². The Balaban J connectivity index is 2.35. The van der Waals surface area contributed by atoms with Crippen LogP contribution in [0.2, 0.25) is 0 Å². The van der Waals surface area contributed by atoms with Gasteiger partial charge in [0.2, 0.25) is 0 Å². The number of hydrogen-bond donors (Lipinski definition) is 1. The Labute approximate surface area is 96.8 Å². The second-order valence-corrected chi connectivity index (χ2v) is 4.23. The fourth-order valence-corrected chi connectivity index (χ4v) is 2.18. The first-order chi connectivity index (χ1) is 7.76. The highest BCUT2D eigenvalue weighted by molar-refractivity contribution is 5.43. The summed E-state index contributed by atoms with van der Waals surface area (Å²) in [7, 11) is 1.69. The molecule has 1 aromatic carbocycles. The highest BCUT2D eigenvalue weighted by atomic mass is 16.5. The molecule has 0 radical (unpaired) electrons. The van der Waals surface area contributed by atoms with Gasteiger partial charge in [0.25, 0.3) is 0 Å². The van der Waals surface area contributed by atoms with E-state index in [2.05, 4.69) is 25.2 Å². The largest absolute Gasteiger partial charge is 0.497 e. The smallest absolute Gasteiger partial charge is 0.124 e. The monoisotopic (exact) mass is 221 g/mol. The summed E-state index contributed by atoms with van der Waals surface area (Å²) in [6.45, 7) is 6.07. The van der Waals surface area contributed by atoms with Crippen LogP contribution < -0.4 is 14.8 Å². The van der Waals surface area contributed by atoms with E-state index in [4.69, 9.17) is 9.47 Å². The van der Waals surface area contributed by atoms with Gasteiger partial charge in [-0.2, -0.15) is 0 Å². The minimum atomic E-state index is 0.365. The lowest BCUT2D eigenvalue weighted by atomic mass is 9.92. The lowest BCUT2D eigenvalue weighted by molar-refractivity contribution is 0.189. The van der Waals surface area contributed by atoms with Gasteiger partial charge in [-0.15, -0.1) is 0 Å². The van der Waals surface area contributed by atoms with Crippen LogP contribution in [0.5, 0.6) is 11.5 Å². The zero-order valence-electron chi connectivity index (χ0n) is 10.1. The van der Waals surface area contributed by atoms with Gasteiger partial charge in [-0.05, 0) is 24.7 Å². The first kappa shape index (κ1) is 11.3. The van der Waals surface area contributed by atoms with Gasteiger partial charge in [0.15, 0.2) is 0 Å². The molecule has 1 aromatic rings. The number of fused-ring (bicyclic) bond motifs is 1. The molecule has 1 heterocycles. The molecule has 1 aliphatic heterocycles. The SMILES string of the molecule is CCNC1c2cc(OC)ccc2OCC1C. The van der Waals surface area contributed by atoms with Crippen molar-refractivity contribution in [3.8, 4) is 11.5 Å². The first-order valence-corrected chi connectivity index (χ1v) is 5.80. The summed E-state index contributed by atoms with van der Waals surface area (Å²) in [5.74, 6) is 2.35. The fourth-order valence-electron chi connectivity index (χ4n) is 2.18. The number of ether oxygens (including phenoxy) is 2. The van der Waals surface area contributed by atoms with E-state index < -0.39 is 0 Å².